The van der Waals surface area contributed by atoms with E-state index in [-0.39, 0.29) is 0 Å². The van der Waals surface area contributed by atoms with Crippen LogP contribution >= 0.6 is 0 Å². The fourth-order valence-electron chi connectivity index (χ4n) is 0.525. The zero-order valence-electron chi connectivity index (χ0n) is 4.39. The highest BCUT2D eigenvalue weighted by Crippen LogP contribution is 1.85. The monoisotopic (exact) mass is 94.1 g/mol. The van der Waals surface area contributed by atoms with Crippen molar-refractivity contribution in [1.82, 2.24) is 4.57 Å². The highest BCUT2D eigenvalue weighted by Gasteiger charge is 1.65. The van der Waals surface area contributed by atoms with Crippen LogP contribution < -0.4 is 0 Å². The Morgan fingerprint density at radius 1 is 1.71 bits per heavy atom. The molecule has 0 radical (unpaired) electrons. The van der Waals surface area contributed by atoms with E-state index in [1.54, 1.807) is 0 Å². The second kappa shape index (κ2) is 1.82. The summed E-state index contributed by atoms with van der Waals surface area (Å²) in [4.78, 5) is 0. The molecule has 0 amide bonds. The lowest BCUT2D eigenvalue weighted by molar-refractivity contribution is 0.763. The zero-order chi connectivity index (χ0) is 5.11. The fraction of sp³-hybridized carbons (Fsp3) is 0.333. The lowest BCUT2D eigenvalue weighted by atomic mass is 10.7. The molecule has 1 aromatic heterocycles. The van der Waals surface area contributed by atoms with Gasteiger partial charge in [0.2, 0.25) is 0 Å². The first-order valence-corrected chi connectivity index (χ1v) is 2.46. The van der Waals surface area contributed by atoms with Crippen molar-refractivity contribution in [2.75, 3.05) is 0 Å². The Balaban J connectivity index is 2.76. The van der Waals surface area contributed by atoms with E-state index in [1.807, 2.05) is 22.9 Å². The van der Waals surface area contributed by atoms with Gasteiger partial charge in [0.15, 0.2) is 0 Å². The molecule has 0 aliphatic heterocycles. The third kappa shape index (κ3) is 0.829. The third-order valence-electron chi connectivity index (χ3n) is 0.943. The smallest absolute Gasteiger partial charge is 0.00531 e. The largest absolute Gasteiger partial charge is 0.471 e. The van der Waals surface area contributed by atoms with Crippen molar-refractivity contribution in [1.29, 1.82) is 0 Å². The summed E-state index contributed by atoms with van der Waals surface area (Å²) in [5, 5.41) is 0. The average Bonchev–Trinajstić information content (AvgIpc) is 2.14. The first-order chi connectivity index (χ1) is 3.43. The maximum atomic E-state index is 3.00. The molecule has 0 bridgehead atoms. The minimum Gasteiger partial charge on any atom is -0.471 e. The van der Waals surface area contributed by atoms with Gasteiger partial charge in [-0.25, -0.2) is 0 Å². The van der Waals surface area contributed by atoms with E-state index >= 15 is 0 Å². The summed E-state index contributed by atoms with van der Waals surface area (Å²) in [5.41, 5.74) is 0. The quantitative estimate of drug-likeness (QED) is 0.462. The molecule has 1 heteroatoms. The minimum absolute atomic E-state index is 1.02. The number of hydrogen-bond donors (Lipinski definition) is 0. The standard InChI is InChI=1S/C6H8N/c1-2-7-5-3-4-6-7/h3-5H,2H2,1H3/q-1. The summed E-state index contributed by atoms with van der Waals surface area (Å²) in [7, 11) is 0. The molecule has 0 unspecified atom stereocenters. The Morgan fingerprint density at radius 2 is 2.57 bits per heavy atom. The topological polar surface area (TPSA) is 4.93 Å². The average molecular weight is 94.1 g/mol. The summed E-state index contributed by atoms with van der Waals surface area (Å²) in [6.07, 6.45) is 5.00. The number of nitrogens with zero attached hydrogens (tertiary/aromatic N) is 1. The van der Waals surface area contributed by atoms with E-state index in [2.05, 4.69) is 13.1 Å². The summed E-state index contributed by atoms with van der Waals surface area (Å²) in [6.45, 7) is 3.11. The van der Waals surface area contributed by atoms with Crippen LogP contribution in [0.25, 0.3) is 0 Å². The van der Waals surface area contributed by atoms with Crippen LogP contribution in [0.3, 0.4) is 0 Å². The Labute approximate surface area is 43.6 Å². The molecule has 0 atom stereocenters. The van der Waals surface area contributed by atoms with E-state index in [9.17, 15) is 0 Å². The second-order valence-electron chi connectivity index (χ2n) is 1.42. The van der Waals surface area contributed by atoms with Crippen molar-refractivity contribution >= 4 is 0 Å². The van der Waals surface area contributed by atoms with E-state index in [0.29, 0.717) is 0 Å². The fourth-order valence-corrected chi connectivity index (χ4v) is 0.525. The molecule has 0 aromatic carbocycles. The van der Waals surface area contributed by atoms with Crippen LogP contribution in [0.5, 0.6) is 0 Å². The zero-order valence-corrected chi connectivity index (χ0v) is 4.39. The van der Waals surface area contributed by atoms with Gasteiger partial charge < -0.3 is 4.57 Å². The molecule has 0 fully saturated rings. The summed E-state index contributed by atoms with van der Waals surface area (Å²) < 4.78 is 2.00. The Kier molecular flexibility index (Phi) is 1.16. The van der Waals surface area contributed by atoms with Crippen LogP contribution in [-0.4, -0.2) is 4.57 Å². The van der Waals surface area contributed by atoms with E-state index in [1.165, 1.54) is 0 Å². The highest BCUT2D eigenvalue weighted by molar-refractivity contribution is 4.87. The maximum absolute atomic E-state index is 3.00. The Morgan fingerprint density at radius 3 is 2.86 bits per heavy atom. The molecule has 0 N–H and O–H groups in total. The predicted octanol–water partition coefficient (Wildman–Crippen LogP) is 1.31. The SMILES string of the molecule is CCn1[c-]ccc1. The molecule has 38 valence electrons. The molecule has 7 heavy (non-hydrogen) atoms. The van der Waals surface area contributed by atoms with Crippen molar-refractivity contribution in [3.8, 4) is 0 Å². The molecule has 0 saturated carbocycles. The van der Waals surface area contributed by atoms with Crippen LogP contribution in [0, 0.1) is 6.20 Å². The van der Waals surface area contributed by atoms with Crippen molar-refractivity contribution < 1.29 is 0 Å². The predicted molar refractivity (Wildman–Crippen MR) is 28.9 cm³/mol. The van der Waals surface area contributed by atoms with Gasteiger partial charge in [-0.2, -0.15) is 12.1 Å². The number of aryl methyl sites for hydroxylation is 1. The normalized spacial score (nSPS) is 9.29. The summed E-state index contributed by atoms with van der Waals surface area (Å²) in [6, 6.07) is 3.88. The molecular weight excluding hydrogens is 86.1 g/mol. The van der Waals surface area contributed by atoms with Crippen molar-refractivity contribution in [3.05, 3.63) is 24.5 Å². The minimum atomic E-state index is 1.02. The van der Waals surface area contributed by atoms with Gasteiger partial charge in [-0.1, -0.05) is 0 Å². The van der Waals surface area contributed by atoms with Crippen molar-refractivity contribution in [3.63, 3.8) is 0 Å². The van der Waals surface area contributed by atoms with Gasteiger partial charge in [0, 0.05) is 0 Å². The van der Waals surface area contributed by atoms with E-state index in [0.717, 1.165) is 6.54 Å². The second-order valence-corrected chi connectivity index (χ2v) is 1.42. The van der Waals surface area contributed by atoms with Gasteiger partial charge in [0.05, 0.1) is 0 Å². The molecule has 1 nitrogen and oxygen atoms in total. The molecule has 0 aliphatic carbocycles. The first kappa shape index (κ1) is 4.44. The molecule has 1 rings (SSSR count). The van der Waals surface area contributed by atoms with Crippen LogP contribution in [-0.2, 0) is 6.54 Å². The van der Waals surface area contributed by atoms with Gasteiger partial charge in [-0.05, 0) is 13.5 Å². The van der Waals surface area contributed by atoms with Crippen LogP contribution in [0.4, 0.5) is 0 Å². The van der Waals surface area contributed by atoms with Crippen molar-refractivity contribution in [2.24, 2.45) is 0 Å². The van der Waals surface area contributed by atoms with Crippen molar-refractivity contribution in [2.45, 2.75) is 13.5 Å². The highest BCUT2D eigenvalue weighted by atomic mass is 14.9. The van der Waals surface area contributed by atoms with Gasteiger partial charge in [0.1, 0.15) is 0 Å². The summed E-state index contributed by atoms with van der Waals surface area (Å²) in [5.74, 6) is 0. The number of rotatable bonds is 1. The van der Waals surface area contributed by atoms with Crippen LogP contribution in [0.1, 0.15) is 6.92 Å². The number of hydrogen-bond acceptors (Lipinski definition) is 0. The summed E-state index contributed by atoms with van der Waals surface area (Å²) >= 11 is 0. The van der Waals surface area contributed by atoms with Gasteiger partial charge >= 0.3 is 0 Å². The van der Waals surface area contributed by atoms with Gasteiger partial charge in [0.25, 0.3) is 0 Å². The molecule has 1 aromatic rings. The first-order valence-electron chi connectivity index (χ1n) is 2.46. The maximum Gasteiger partial charge on any atom is -0.00531 e. The Bertz CT molecular complexity index is 119. The Hall–Kier alpha value is -0.720. The van der Waals surface area contributed by atoms with E-state index in [4.69, 9.17) is 0 Å². The molecule has 1 heterocycles. The van der Waals surface area contributed by atoms with Crippen LogP contribution in [0.15, 0.2) is 18.3 Å². The molecular formula is C6H8N-. The van der Waals surface area contributed by atoms with Crippen LogP contribution in [0.2, 0.25) is 0 Å². The molecule has 0 aliphatic rings. The van der Waals surface area contributed by atoms with E-state index < -0.39 is 0 Å². The lowest BCUT2D eigenvalue weighted by Gasteiger charge is -1.98. The third-order valence-corrected chi connectivity index (χ3v) is 0.943. The molecule has 0 spiro atoms. The molecule has 0 saturated heterocycles. The number of aromatic nitrogens is 1. The van der Waals surface area contributed by atoms with Gasteiger partial charge in [-0.3, -0.25) is 0 Å². The lowest BCUT2D eigenvalue weighted by Crippen LogP contribution is -1.86. The van der Waals surface area contributed by atoms with Gasteiger partial charge in [-0.15, -0.1) is 12.4 Å².